The number of alkyl halides is 3. The van der Waals surface area contributed by atoms with E-state index >= 15 is 0 Å². The molecule has 0 N–H and O–H groups in total. The standard InChI is InChI=1S/C12H7F4NOS/c13-8-3-1-7(2-4-8)9(6-18)10-5-17-11(19-10)12(14,15)16/h1-6,9H. The molecule has 0 bridgehead atoms. The van der Waals surface area contributed by atoms with Gasteiger partial charge in [-0.3, -0.25) is 0 Å². The minimum absolute atomic E-state index is 0.175. The monoisotopic (exact) mass is 289 g/mol. The number of carbonyl (C=O) groups is 1. The molecular weight excluding hydrogens is 282 g/mol. The zero-order chi connectivity index (χ0) is 14.0. The van der Waals surface area contributed by atoms with Gasteiger partial charge in [0.25, 0.3) is 0 Å². The van der Waals surface area contributed by atoms with Crippen LogP contribution in [0.2, 0.25) is 0 Å². The molecular formula is C12H7F4NOS. The van der Waals surface area contributed by atoms with Gasteiger partial charge in [0.2, 0.25) is 0 Å². The third kappa shape index (κ3) is 2.98. The molecule has 1 atom stereocenters. The Morgan fingerprint density at radius 2 is 1.84 bits per heavy atom. The maximum absolute atomic E-state index is 12.8. The van der Waals surface area contributed by atoms with E-state index < -0.39 is 22.9 Å². The molecule has 0 aliphatic carbocycles. The predicted octanol–water partition coefficient (Wildman–Crippen LogP) is 3.63. The molecule has 2 rings (SSSR count). The van der Waals surface area contributed by atoms with Crippen LogP contribution in [0.5, 0.6) is 0 Å². The van der Waals surface area contributed by atoms with Crippen LogP contribution >= 0.6 is 11.3 Å². The second-order valence-electron chi connectivity index (χ2n) is 3.73. The molecule has 19 heavy (non-hydrogen) atoms. The second-order valence-corrected chi connectivity index (χ2v) is 4.79. The molecule has 1 aromatic carbocycles. The number of hydrogen-bond acceptors (Lipinski definition) is 3. The molecule has 2 aromatic rings. The molecule has 0 amide bonds. The van der Waals surface area contributed by atoms with E-state index in [2.05, 4.69) is 4.98 Å². The van der Waals surface area contributed by atoms with E-state index in [-0.39, 0.29) is 4.88 Å². The summed E-state index contributed by atoms with van der Waals surface area (Å²) in [7, 11) is 0. The van der Waals surface area contributed by atoms with Crippen LogP contribution in [0.3, 0.4) is 0 Å². The molecule has 100 valence electrons. The molecule has 1 aromatic heterocycles. The Hall–Kier alpha value is -1.76. The Bertz CT molecular complexity index is 576. The fourth-order valence-corrected chi connectivity index (χ4v) is 2.41. The largest absolute Gasteiger partial charge is 0.443 e. The lowest BCUT2D eigenvalue weighted by atomic mass is 10.00. The maximum atomic E-state index is 12.8. The quantitative estimate of drug-likeness (QED) is 0.638. The lowest BCUT2D eigenvalue weighted by Crippen LogP contribution is -2.03. The minimum atomic E-state index is -4.53. The van der Waals surface area contributed by atoms with Crippen LogP contribution in [0.25, 0.3) is 0 Å². The molecule has 0 spiro atoms. The highest BCUT2D eigenvalue weighted by atomic mass is 32.1. The van der Waals surface area contributed by atoms with Crippen molar-refractivity contribution >= 4 is 17.6 Å². The second kappa shape index (κ2) is 5.08. The number of carbonyl (C=O) groups excluding carboxylic acids is 1. The van der Waals surface area contributed by atoms with Crippen molar-refractivity contribution in [3.8, 4) is 0 Å². The summed E-state index contributed by atoms with van der Waals surface area (Å²) in [5.41, 5.74) is 0.425. The van der Waals surface area contributed by atoms with Gasteiger partial charge in [-0.2, -0.15) is 13.2 Å². The van der Waals surface area contributed by atoms with Crippen LogP contribution in [0.1, 0.15) is 21.4 Å². The zero-order valence-electron chi connectivity index (χ0n) is 9.32. The zero-order valence-corrected chi connectivity index (χ0v) is 10.1. The first-order valence-corrected chi connectivity index (χ1v) is 5.97. The summed E-state index contributed by atoms with van der Waals surface area (Å²) in [4.78, 5) is 14.5. The lowest BCUT2D eigenvalue weighted by molar-refractivity contribution is -0.137. The maximum Gasteiger partial charge on any atom is 0.443 e. The topological polar surface area (TPSA) is 30.0 Å². The number of aldehydes is 1. The number of halogens is 4. The SMILES string of the molecule is O=CC(c1ccc(F)cc1)c1cnc(C(F)(F)F)s1. The molecule has 0 aliphatic rings. The van der Waals surface area contributed by atoms with Crippen LogP contribution in [0.15, 0.2) is 30.5 Å². The molecule has 0 aliphatic heterocycles. The average molecular weight is 289 g/mol. The Morgan fingerprint density at radius 1 is 1.21 bits per heavy atom. The normalized spacial score (nSPS) is 13.3. The summed E-state index contributed by atoms with van der Waals surface area (Å²) in [6, 6.07) is 5.03. The Labute approximate surface area is 109 Å². The van der Waals surface area contributed by atoms with Crippen LogP contribution < -0.4 is 0 Å². The van der Waals surface area contributed by atoms with Gasteiger partial charge in [0.05, 0.1) is 5.92 Å². The first kappa shape index (κ1) is 13.7. The van der Waals surface area contributed by atoms with Crippen LogP contribution in [-0.4, -0.2) is 11.3 Å². The van der Waals surface area contributed by atoms with Crippen LogP contribution in [0.4, 0.5) is 17.6 Å². The van der Waals surface area contributed by atoms with Gasteiger partial charge in [-0.1, -0.05) is 12.1 Å². The summed E-state index contributed by atoms with van der Waals surface area (Å²) in [5, 5.41) is -1.00. The number of nitrogens with zero attached hydrogens (tertiary/aromatic N) is 1. The summed E-state index contributed by atoms with van der Waals surface area (Å²) in [6.07, 6.45) is -2.99. The molecule has 1 heterocycles. The van der Waals surface area contributed by atoms with Crippen molar-refractivity contribution in [3.05, 3.63) is 51.7 Å². The smallest absolute Gasteiger partial charge is 0.302 e. The van der Waals surface area contributed by atoms with E-state index in [1.807, 2.05) is 0 Å². The van der Waals surface area contributed by atoms with Gasteiger partial charge in [0.1, 0.15) is 12.1 Å². The van der Waals surface area contributed by atoms with Gasteiger partial charge in [-0.05, 0) is 17.7 Å². The van der Waals surface area contributed by atoms with Gasteiger partial charge in [0.15, 0.2) is 5.01 Å². The summed E-state index contributed by atoms with van der Waals surface area (Å²) < 4.78 is 50.1. The van der Waals surface area contributed by atoms with E-state index in [9.17, 15) is 22.4 Å². The number of rotatable bonds is 3. The average Bonchev–Trinajstić information content (AvgIpc) is 2.82. The summed E-state index contributed by atoms with van der Waals surface area (Å²) >= 11 is 0.410. The van der Waals surface area contributed by atoms with Crippen molar-refractivity contribution < 1.29 is 22.4 Å². The highest BCUT2D eigenvalue weighted by molar-refractivity contribution is 7.11. The minimum Gasteiger partial charge on any atom is -0.302 e. The van der Waals surface area contributed by atoms with E-state index in [0.717, 1.165) is 18.3 Å². The van der Waals surface area contributed by atoms with Gasteiger partial charge in [-0.15, -0.1) is 11.3 Å². The van der Waals surface area contributed by atoms with Crippen molar-refractivity contribution in [1.82, 2.24) is 4.98 Å². The van der Waals surface area contributed by atoms with Crippen LogP contribution in [0, 0.1) is 5.82 Å². The fraction of sp³-hybridized carbons (Fsp3) is 0.167. The lowest BCUT2D eigenvalue weighted by Gasteiger charge is -2.07. The van der Waals surface area contributed by atoms with E-state index in [0.29, 0.717) is 23.2 Å². The van der Waals surface area contributed by atoms with Crippen molar-refractivity contribution in [1.29, 1.82) is 0 Å². The highest BCUT2D eigenvalue weighted by Crippen LogP contribution is 2.36. The van der Waals surface area contributed by atoms with Gasteiger partial charge >= 0.3 is 6.18 Å². The van der Waals surface area contributed by atoms with Crippen molar-refractivity contribution in [2.24, 2.45) is 0 Å². The first-order valence-electron chi connectivity index (χ1n) is 5.15. The molecule has 0 saturated carbocycles. The molecule has 1 unspecified atom stereocenters. The first-order chi connectivity index (χ1) is 8.91. The van der Waals surface area contributed by atoms with E-state index in [1.54, 1.807) is 0 Å². The predicted molar refractivity (Wildman–Crippen MR) is 61.4 cm³/mol. The Kier molecular flexibility index (Phi) is 3.66. The Morgan fingerprint density at radius 3 is 2.32 bits per heavy atom. The van der Waals surface area contributed by atoms with Gasteiger partial charge in [-0.25, -0.2) is 9.37 Å². The molecule has 2 nitrogen and oxygen atoms in total. The number of thiazole rings is 1. The van der Waals surface area contributed by atoms with Crippen molar-refractivity contribution in [2.45, 2.75) is 12.1 Å². The van der Waals surface area contributed by atoms with Crippen molar-refractivity contribution in [2.75, 3.05) is 0 Å². The van der Waals surface area contributed by atoms with Crippen molar-refractivity contribution in [3.63, 3.8) is 0 Å². The Balaban J connectivity index is 2.35. The number of aromatic nitrogens is 1. The van der Waals surface area contributed by atoms with E-state index in [1.165, 1.54) is 12.1 Å². The fourth-order valence-electron chi connectivity index (χ4n) is 1.54. The third-order valence-corrected chi connectivity index (χ3v) is 3.56. The number of hydrogen-bond donors (Lipinski definition) is 0. The summed E-state index contributed by atoms with van der Waals surface area (Å²) in [6.45, 7) is 0. The molecule has 0 radical (unpaired) electrons. The van der Waals surface area contributed by atoms with E-state index in [4.69, 9.17) is 0 Å². The number of benzene rings is 1. The third-order valence-electron chi connectivity index (χ3n) is 2.44. The van der Waals surface area contributed by atoms with Crippen LogP contribution in [-0.2, 0) is 11.0 Å². The van der Waals surface area contributed by atoms with Gasteiger partial charge < -0.3 is 4.79 Å². The highest BCUT2D eigenvalue weighted by Gasteiger charge is 2.35. The molecule has 0 saturated heterocycles. The van der Waals surface area contributed by atoms with Gasteiger partial charge in [0, 0.05) is 11.1 Å². The molecule has 7 heteroatoms. The molecule has 0 fully saturated rings. The summed E-state index contributed by atoms with van der Waals surface area (Å²) in [5.74, 6) is -1.34.